The molecule has 124 valence electrons. The zero-order valence-electron chi connectivity index (χ0n) is 12.7. The highest BCUT2D eigenvalue weighted by Gasteiger charge is 2.33. The van der Waals surface area contributed by atoms with Crippen LogP contribution in [0.2, 0.25) is 0 Å². The predicted molar refractivity (Wildman–Crippen MR) is 88.7 cm³/mol. The van der Waals surface area contributed by atoms with Crippen molar-refractivity contribution in [2.24, 2.45) is 5.92 Å². The lowest BCUT2D eigenvalue weighted by atomic mass is 9.94. The van der Waals surface area contributed by atoms with Crippen molar-refractivity contribution < 1.29 is 9.18 Å². The van der Waals surface area contributed by atoms with Crippen LogP contribution in [0.1, 0.15) is 17.3 Å². The van der Waals surface area contributed by atoms with E-state index in [9.17, 15) is 9.18 Å². The van der Waals surface area contributed by atoms with E-state index < -0.39 is 0 Å². The number of thiazole rings is 1. The number of hydrogen-bond donors (Lipinski definition) is 3. The number of nitrogens with one attached hydrogen (secondary N) is 3. The van der Waals surface area contributed by atoms with Crippen molar-refractivity contribution in [2.45, 2.75) is 12.6 Å². The maximum Gasteiger partial charge on any atom is 0.226 e. The summed E-state index contributed by atoms with van der Waals surface area (Å²) in [6.45, 7) is 0.909. The van der Waals surface area contributed by atoms with Crippen LogP contribution in [0.5, 0.6) is 0 Å². The van der Waals surface area contributed by atoms with Crippen LogP contribution in [-0.4, -0.2) is 21.8 Å². The molecule has 3 N–H and O–H groups in total. The van der Waals surface area contributed by atoms with Gasteiger partial charge < -0.3 is 5.32 Å². The van der Waals surface area contributed by atoms with Gasteiger partial charge >= 0.3 is 0 Å². The van der Waals surface area contributed by atoms with Gasteiger partial charge in [0.05, 0.1) is 24.2 Å². The Labute approximate surface area is 141 Å². The van der Waals surface area contributed by atoms with Crippen LogP contribution in [0.25, 0.3) is 4.96 Å². The molecule has 3 aromatic rings. The molecular weight excluding hydrogens is 329 g/mol. The molecule has 8 heteroatoms. The van der Waals surface area contributed by atoms with Gasteiger partial charge in [-0.2, -0.15) is 0 Å². The maximum absolute atomic E-state index is 13.1. The number of halogens is 1. The molecule has 0 aliphatic carbocycles. The average molecular weight is 345 g/mol. The average Bonchev–Trinajstić information content (AvgIpc) is 3.28. The number of hydrazine groups is 1. The van der Waals surface area contributed by atoms with Crippen LogP contribution < -0.4 is 16.2 Å². The van der Waals surface area contributed by atoms with E-state index in [1.807, 2.05) is 22.2 Å². The fourth-order valence-electron chi connectivity index (χ4n) is 2.90. The van der Waals surface area contributed by atoms with E-state index in [1.165, 1.54) is 12.1 Å². The molecular formula is C16H16FN5OS. The summed E-state index contributed by atoms with van der Waals surface area (Å²) in [4.78, 5) is 17.9. The number of amides is 1. The third-order valence-corrected chi connectivity index (χ3v) is 4.91. The van der Waals surface area contributed by atoms with Crippen LogP contribution in [0, 0.1) is 11.7 Å². The Morgan fingerprint density at radius 3 is 3.04 bits per heavy atom. The number of carbonyl (C=O) groups excluding carboxylic acids is 1. The van der Waals surface area contributed by atoms with Crippen molar-refractivity contribution in [3.8, 4) is 0 Å². The number of imidazole rings is 1. The third kappa shape index (κ3) is 2.91. The monoisotopic (exact) mass is 345 g/mol. The van der Waals surface area contributed by atoms with Crippen LogP contribution in [0.3, 0.4) is 0 Å². The Balaban J connectivity index is 1.42. The van der Waals surface area contributed by atoms with E-state index in [4.69, 9.17) is 0 Å². The largest absolute Gasteiger partial charge is 0.350 e. The number of fused-ring (bicyclic) bond motifs is 1. The molecule has 0 bridgehead atoms. The first-order valence-corrected chi connectivity index (χ1v) is 8.51. The highest BCUT2D eigenvalue weighted by Crippen LogP contribution is 2.25. The Hall–Kier alpha value is -2.29. The van der Waals surface area contributed by atoms with E-state index in [0.29, 0.717) is 13.1 Å². The standard InChI is InChI=1S/C16H16FN5OS/c17-11-3-1-10(2-4-11)14-13(8-19-21-14)15(23)18-7-12-9-22-5-6-24-16(22)20-12/h1-6,9,13-14,19,21H,7-8H2,(H,18,23). The molecule has 1 amide bonds. The summed E-state index contributed by atoms with van der Waals surface area (Å²) in [7, 11) is 0. The van der Waals surface area contributed by atoms with Crippen LogP contribution in [0.4, 0.5) is 4.39 Å². The zero-order chi connectivity index (χ0) is 16.5. The zero-order valence-corrected chi connectivity index (χ0v) is 13.5. The number of benzene rings is 1. The van der Waals surface area contributed by atoms with E-state index in [1.54, 1.807) is 23.5 Å². The minimum Gasteiger partial charge on any atom is -0.350 e. The molecule has 1 aliphatic heterocycles. The minimum absolute atomic E-state index is 0.0572. The normalized spacial score (nSPS) is 20.5. The van der Waals surface area contributed by atoms with E-state index in [0.717, 1.165) is 16.2 Å². The quantitative estimate of drug-likeness (QED) is 0.672. The molecule has 1 fully saturated rings. The molecule has 0 saturated carbocycles. The lowest BCUT2D eigenvalue weighted by Gasteiger charge is -2.18. The Kier molecular flexibility index (Phi) is 4.01. The number of hydrogen-bond acceptors (Lipinski definition) is 5. The van der Waals surface area contributed by atoms with Crippen molar-refractivity contribution in [3.05, 3.63) is 59.1 Å². The number of nitrogens with zero attached hydrogens (tertiary/aromatic N) is 2. The summed E-state index contributed by atoms with van der Waals surface area (Å²) in [6.07, 6.45) is 3.85. The van der Waals surface area contributed by atoms with Crippen molar-refractivity contribution in [1.82, 2.24) is 25.6 Å². The molecule has 1 saturated heterocycles. The fraction of sp³-hybridized carbons (Fsp3) is 0.250. The molecule has 6 nitrogen and oxygen atoms in total. The molecule has 1 aliphatic rings. The summed E-state index contributed by atoms with van der Waals surface area (Å²) in [5.41, 5.74) is 7.80. The van der Waals surface area contributed by atoms with Gasteiger partial charge in [-0.25, -0.2) is 14.8 Å². The summed E-state index contributed by atoms with van der Waals surface area (Å²) in [5.74, 6) is -0.608. The Morgan fingerprint density at radius 1 is 1.42 bits per heavy atom. The summed E-state index contributed by atoms with van der Waals surface area (Å²) >= 11 is 1.56. The first kappa shape index (κ1) is 15.3. The lowest BCUT2D eigenvalue weighted by molar-refractivity contribution is -0.125. The maximum atomic E-state index is 13.1. The minimum atomic E-state index is -0.287. The van der Waals surface area contributed by atoms with Gasteiger partial charge in [-0.05, 0) is 17.7 Å². The second-order valence-electron chi connectivity index (χ2n) is 5.70. The van der Waals surface area contributed by atoms with Gasteiger partial charge in [0.2, 0.25) is 5.91 Å². The van der Waals surface area contributed by atoms with Crippen molar-refractivity contribution in [3.63, 3.8) is 0 Å². The van der Waals surface area contributed by atoms with E-state index >= 15 is 0 Å². The lowest BCUT2D eigenvalue weighted by Crippen LogP contribution is -2.34. The van der Waals surface area contributed by atoms with Gasteiger partial charge in [-0.3, -0.25) is 14.6 Å². The molecule has 0 radical (unpaired) electrons. The van der Waals surface area contributed by atoms with Gasteiger partial charge in [0.15, 0.2) is 4.96 Å². The van der Waals surface area contributed by atoms with E-state index in [2.05, 4.69) is 21.2 Å². The number of aromatic nitrogens is 2. The number of rotatable bonds is 4. The smallest absolute Gasteiger partial charge is 0.226 e. The molecule has 3 heterocycles. The second kappa shape index (κ2) is 6.31. The van der Waals surface area contributed by atoms with Crippen molar-refractivity contribution in [1.29, 1.82) is 0 Å². The topological polar surface area (TPSA) is 70.5 Å². The first-order chi connectivity index (χ1) is 11.7. The molecule has 0 spiro atoms. The SMILES string of the molecule is O=C(NCc1cn2ccsc2n1)C1CNNC1c1ccc(F)cc1. The predicted octanol–water partition coefficient (Wildman–Crippen LogP) is 1.62. The van der Waals surface area contributed by atoms with Crippen LogP contribution in [0.15, 0.2) is 42.0 Å². The molecule has 4 rings (SSSR count). The molecule has 2 unspecified atom stereocenters. The molecule has 1 aromatic carbocycles. The summed E-state index contributed by atoms with van der Waals surface area (Å²) in [6, 6.07) is 6.02. The Morgan fingerprint density at radius 2 is 2.25 bits per heavy atom. The summed E-state index contributed by atoms with van der Waals surface area (Å²) < 4.78 is 15.0. The third-order valence-electron chi connectivity index (χ3n) is 4.13. The number of carbonyl (C=O) groups is 1. The molecule has 24 heavy (non-hydrogen) atoms. The van der Waals surface area contributed by atoms with Crippen LogP contribution in [-0.2, 0) is 11.3 Å². The first-order valence-electron chi connectivity index (χ1n) is 7.63. The Bertz CT molecular complexity index is 830. The van der Waals surface area contributed by atoms with Gasteiger partial charge in [-0.1, -0.05) is 12.1 Å². The highest BCUT2D eigenvalue weighted by molar-refractivity contribution is 7.15. The van der Waals surface area contributed by atoms with Gasteiger partial charge in [0, 0.05) is 24.3 Å². The molecule has 2 aromatic heterocycles. The van der Waals surface area contributed by atoms with Crippen molar-refractivity contribution in [2.75, 3.05) is 6.54 Å². The van der Waals surface area contributed by atoms with Gasteiger partial charge in [0.25, 0.3) is 0 Å². The van der Waals surface area contributed by atoms with Crippen molar-refractivity contribution >= 4 is 22.2 Å². The van der Waals surface area contributed by atoms with Gasteiger partial charge in [-0.15, -0.1) is 11.3 Å². The van der Waals surface area contributed by atoms with Gasteiger partial charge in [0.1, 0.15) is 5.82 Å². The summed E-state index contributed by atoms with van der Waals surface area (Å²) in [5, 5.41) is 4.90. The molecule has 2 atom stereocenters. The fourth-order valence-corrected chi connectivity index (χ4v) is 3.62. The highest BCUT2D eigenvalue weighted by atomic mass is 32.1. The van der Waals surface area contributed by atoms with Crippen LogP contribution >= 0.6 is 11.3 Å². The second-order valence-corrected chi connectivity index (χ2v) is 6.58. The van der Waals surface area contributed by atoms with E-state index in [-0.39, 0.29) is 23.7 Å².